The van der Waals surface area contributed by atoms with E-state index in [1.54, 1.807) is 6.07 Å². The van der Waals surface area contributed by atoms with Gasteiger partial charge < -0.3 is 23.7 Å². The summed E-state index contributed by atoms with van der Waals surface area (Å²) in [7, 11) is 0. The number of carbonyl (C=O) groups is 1. The van der Waals surface area contributed by atoms with Crippen molar-refractivity contribution in [2.45, 2.75) is 13.5 Å². The Balaban J connectivity index is 1.34. The van der Waals surface area contributed by atoms with Crippen LogP contribution in [0.3, 0.4) is 0 Å². The number of fused-ring (bicyclic) bond motifs is 1. The fourth-order valence-electron chi connectivity index (χ4n) is 3.25. The maximum atomic E-state index is 12.4. The molecule has 6 heteroatoms. The molecule has 0 unspecified atom stereocenters. The number of ether oxygens (including phenoxy) is 2. The monoisotopic (exact) mass is 329 g/mol. The molecule has 0 saturated carbocycles. The number of quaternary nitrogens is 1. The number of piperazine rings is 1. The van der Waals surface area contributed by atoms with Crippen LogP contribution in [0.2, 0.25) is 0 Å². The van der Waals surface area contributed by atoms with E-state index in [4.69, 9.17) is 13.9 Å². The molecule has 1 aromatic carbocycles. The molecule has 126 valence electrons. The number of hydrogen-bond acceptors (Lipinski definition) is 4. The third kappa shape index (κ3) is 2.97. The predicted octanol–water partition coefficient (Wildman–Crippen LogP) is 0.858. The van der Waals surface area contributed by atoms with Crippen molar-refractivity contribution in [3.8, 4) is 11.5 Å². The second-order valence-electron chi connectivity index (χ2n) is 6.32. The number of nitrogens with one attached hydrogen (secondary N) is 1. The van der Waals surface area contributed by atoms with E-state index >= 15 is 0 Å². The van der Waals surface area contributed by atoms with Gasteiger partial charge >= 0.3 is 0 Å². The van der Waals surface area contributed by atoms with Gasteiger partial charge in [0.1, 0.15) is 12.3 Å². The van der Waals surface area contributed by atoms with Gasteiger partial charge in [-0.1, -0.05) is 0 Å². The van der Waals surface area contributed by atoms with E-state index in [0.29, 0.717) is 12.6 Å². The number of amides is 1. The molecule has 2 aliphatic heterocycles. The predicted molar refractivity (Wildman–Crippen MR) is 86.3 cm³/mol. The zero-order valence-electron chi connectivity index (χ0n) is 13.7. The average molecular weight is 329 g/mol. The molecule has 2 aliphatic rings. The highest BCUT2D eigenvalue weighted by molar-refractivity contribution is 5.91. The summed E-state index contributed by atoms with van der Waals surface area (Å²) >= 11 is 0. The summed E-state index contributed by atoms with van der Waals surface area (Å²) in [6.07, 6.45) is 0. The topological polar surface area (TPSA) is 56.4 Å². The second-order valence-corrected chi connectivity index (χ2v) is 6.32. The average Bonchev–Trinajstić information content (AvgIpc) is 3.23. The minimum atomic E-state index is -0.00905. The Morgan fingerprint density at radius 3 is 2.67 bits per heavy atom. The zero-order chi connectivity index (χ0) is 16.5. The lowest BCUT2D eigenvalue weighted by Crippen LogP contribution is -3.13. The van der Waals surface area contributed by atoms with E-state index in [9.17, 15) is 4.79 Å². The van der Waals surface area contributed by atoms with Crippen LogP contribution in [-0.2, 0) is 6.54 Å². The molecule has 3 heterocycles. The standard InChI is InChI=1S/C18H20N2O4/c1-13-2-4-16(24-13)18(21)20-8-6-19(7-9-20)11-14-3-5-15-17(10-14)23-12-22-15/h2-5,10H,6-9,11-12H2,1H3/p+1. The van der Waals surface area contributed by atoms with Gasteiger partial charge in [0.25, 0.3) is 5.91 Å². The third-order valence-corrected chi connectivity index (χ3v) is 4.60. The van der Waals surface area contributed by atoms with E-state index in [1.165, 1.54) is 10.5 Å². The van der Waals surface area contributed by atoms with Gasteiger partial charge in [-0.05, 0) is 37.3 Å². The first-order chi connectivity index (χ1) is 11.7. The minimum Gasteiger partial charge on any atom is -0.456 e. The maximum absolute atomic E-state index is 12.4. The summed E-state index contributed by atoms with van der Waals surface area (Å²) in [5.74, 6) is 2.84. The first-order valence-corrected chi connectivity index (χ1v) is 8.27. The SMILES string of the molecule is Cc1ccc(C(=O)N2CC[NH+](Cc3ccc4c(c3)OCO4)CC2)o1. The van der Waals surface area contributed by atoms with E-state index in [2.05, 4.69) is 12.1 Å². The van der Waals surface area contributed by atoms with Crippen molar-refractivity contribution in [2.24, 2.45) is 0 Å². The lowest BCUT2D eigenvalue weighted by atomic mass is 10.1. The lowest BCUT2D eigenvalue weighted by molar-refractivity contribution is -0.917. The highest BCUT2D eigenvalue weighted by Crippen LogP contribution is 2.32. The smallest absolute Gasteiger partial charge is 0.289 e. The highest BCUT2D eigenvalue weighted by atomic mass is 16.7. The third-order valence-electron chi connectivity index (χ3n) is 4.60. The van der Waals surface area contributed by atoms with Crippen LogP contribution < -0.4 is 14.4 Å². The van der Waals surface area contributed by atoms with Gasteiger partial charge in [-0.15, -0.1) is 0 Å². The van der Waals surface area contributed by atoms with Crippen molar-refractivity contribution >= 4 is 5.91 Å². The molecule has 24 heavy (non-hydrogen) atoms. The van der Waals surface area contributed by atoms with Gasteiger partial charge in [0, 0.05) is 5.56 Å². The molecular weight excluding hydrogens is 308 g/mol. The molecule has 0 atom stereocenters. The Kier molecular flexibility index (Phi) is 3.90. The van der Waals surface area contributed by atoms with Crippen LogP contribution in [0.15, 0.2) is 34.7 Å². The number of carbonyl (C=O) groups excluding carboxylic acids is 1. The summed E-state index contributed by atoms with van der Waals surface area (Å²) in [5, 5.41) is 0. The summed E-state index contributed by atoms with van der Waals surface area (Å²) in [5.41, 5.74) is 1.23. The van der Waals surface area contributed by atoms with Gasteiger partial charge in [0.15, 0.2) is 17.3 Å². The molecule has 1 aromatic heterocycles. The van der Waals surface area contributed by atoms with Crippen LogP contribution in [0.25, 0.3) is 0 Å². The van der Waals surface area contributed by atoms with Crippen molar-refractivity contribution in [1.29, 1.82) is 0 Å². The number of rotatable bonds is 3. The molecular formula is C18H21N2O4+. The van der Waals surface area contributed by atoms with Crippen molar-refractivity contribution in [2.75, 3.05) is 33.0 Å². The van der Waals surface area contributed by atoms with Gasteiger partial charge in [0.05, 0.1) is 26.2 Å². The summed E-state index contributed by atoms with van der Waals surface area (Å²) in [6, 6.07) is 9.69. The van der Waals surface area contributed by atoms with Crippen molar-refractivity contribution in [1.82, 2.24) is 4.90 Å². The number of hydrogen-bond donors (Lipinski definition) is 1. The molecule has 0 radical (unpaired) electrons. The minimum absolute atomic E-state index is 0.00905. The van der Waals surface area contributed by atoms with Crippen LogP contribution in [0.5, 0.6) is 11.5 Å². The van der Waals surface area contributed by atoms with E-state index in [1.807, 2.05) is 24.0 Å². The van der Waals surface area contributed by atoms with Gasteiger partial charge in [0.2, 0.25) is 6.79 Å². The Hall–Kier alpha value is -2.47. The number of benzene rings is 1. The first-order valence-electron chi connectivity index (χ1n) is 8.27. The van der Waals surface area contributed by atoms with Crippen LogP contribution in [0, 0.1) is 6.92 Å². The van der Waals surface area contributed by atoms with Gasteiger partial charge in [-0.2, -0.15) is 0 Å². The zero-order valence-corrected chi connectivity index (χ0v) is 13.7. The van der Waals surface area contributed by atoms with Crippen LogP contribution in [0.1, 0.15) is 21.9 Å². The summed E-state index contributed by atoms with van der Waals surface area (Å²) in [4.78, 5) is 15.7. The Labute approximate surface area is 140 Å². The van der Waals surface area contributed by atoms with Crippen molar-refractivity contribution in [3.05, 3.63) is 47.4 Å². The van der Waals surface area contributed by atoms with Crippen molar-refractivity contribution < 1.29 is 23.6 Å². The number of aryl methyl sites for hydroxylation is 1. The number of furan rings is 1. The quantitative estimate of drug-likeness (QED) is 0.907. The van der Waals surface area contributed by atoms with Crippen molar-refractivity contribution in [3.63, 3.8) is 0 Å². The highest BCUT2D eigenvalue weighted by Gasteiger charge is 2.26. The Morgan fingerprint density at radius 2 is 1.92 bits per heavy atom. The molecule has 6 nitrogen and oxygen atoms in total. The first kappa shape index (κ1) is 15.1. The van der Waals surface area contributed by atoms with Gasteiger partial charge in [-0.3, -0.25) is 4.79 Å². The molecule has 0 aliphatic carbocycles. The van der Waals surface area contributed by atoms with E-state index in [-0.39, 0.29) is 5.91 Å². The fraction of sp³-hybridized carbons (Fsp3) is 0.389. The molecule has 1 amide bonds. The Bertz CT molecular complexity index is 747. The van der Waals surface area contributed by atoms with Crippen LogP contribution >= 0.6 is 0 Å². The fourth-order valence-corrected chi connectivity index (χ4v) is 3.25. The molecule has 0 spiro atoms. The van der Waals surface area contributed by atoms with Crippen LogP contribution in [-0.4, -0.2) is 43.8 Å². The Morgan fingerprint density at radius 1 is 1.12 bits per heavy atom. The lowest BCUT2D eigenvalue weighted by Gasteiger charge is -2.31. The number of nitrogens with zero attached hydrogens (tertiary/aromatic N) is 1. The maximum Gasteiger partial charge on any atom is 0.289 e. The molecule has 2 aromatic rings. The molecule has 1 saturated heterocycles. The molecule has 4 rings (SSSR count). The summed E-state index contributed by atoms with van der Waals surface area (Å²) < 4.78 is 16.2. The van der Waals surface area contributed by atoms with E-state index in [0.717, 1.165) is 50.0 Å². The molecule has 0 bridgehead atoms. The largest absolute Gasteiger partial charge is 0.456 e. The van der Waals surface area contributed by atoms with Crippen LogP contribution in [0.4, 0.5) is 0 Å². The molecule has 1 N–H and O–H groups in total. The van der Waals surface area contributed by atoms with E-state index < -0.39 is 0 Å². The molecule has 1 fully saturated rings. The second kappa shape index (κ2) is 6.20. The summed E-state index contributed by atoms with van der Waals surface area (Å²) in [6.45, 7) is 6.44. The normalized spacial score (nSPS) is 17.3. The van der Waals surface area contributed by atoms with Gasteiger partial charge in [-0.25, -0.2) is 0 Å².